The molecule has 0 aromatic rings. The highest BCUT2D eigenvalue weighted by molar-refractivity contribution is 5.71. The highest BCUT2D eigenvalue weighted by atomic mass is 16.6. The molecule has 0 N–H and O–H groups in total. The van der Waals surface area contributed by atoms with Crippen LogP contribution in [0.4, 0.5) is 0 Å². The molecule has 466 valence electrons. The van der Waals surface area contributed by atoms with Crippen LogP contribution in [0.2, 0.25) is 0 Å². The van der Waals surface area contributed by atoms with Crippen LogP contribution in [0.15, 0.2) is 134 Å². The van der Waals surface area contributed by atoms with Crippen LogP contribution < -0.4 is 0 Å². The Bertz CT molecular complexity index is 1730. The molecule has 0 saturated carbocycles. The largest absolute Gasteiger partial charge is 0.462 e. The minimum Gasteiger partial charge on any atom is -0.462 e. The smallest absolute Gasteiger partial charge is 0.306 e. The van der Waals surface area contributed by atoms with E-state index in [4.69, 9.17) is 14.2 Å². The van der Waals surface area contributed by atoms with E-state index in [1.165, 1.54) is 122 Å². The Morgan fingerprint density at radius 3 is 0.744 bits per heavy atom. The third-order valence-corrected chi connectivity index (χ3v) is 14.4. The number of carbonyl (C=O) groups is 3. The molecule has 0 heterocycles. The fourth-order valence-electron chi connectivity index (χ4n) is 9.36. The average Bonchev–Trinajstić information content (AvgIpc) is 3.48. The number of unbranched alkanes of at least 4 members (excludes halogenated alkanes) is 28. The number of esters is 3. The Balaban J connectivity index is 4.40. The maximum absolute atomic E-state index is 13.0. The van der Waals surface area contributed by atoms with Crippen molar-refractivity contribution in [3.05, 3.63) is 134 Å². The first-order valence-electron chi connectivity index (χ1n) is 34.2. The summed E-state index contributed by atoms with van der Waals surface area (Å²) in [6, 6.07) is 0. The fraction of sp³-hybridized carbons (Fsp3) is 0.671. The summed E-state index contributed by atoms with van der Waals surface area (Å²) < 4.78 is 17.0. The molecule has 0 amide bonds. The van der Waals surface area contributed by atoms with Crippen LogP contribution in [0.3, 0.4) is 0 Å². The maximum Gasteiger partial charge on any atom is 0.306 e. The molecule has 0 aliphatic rings. The van der Waals surface area contributed by atoms with Crippen molar-refractivity contribution in [1.82, 2.24) is 0 Å². The Hall–Kier alpha value is -4.45. The number of hydrogen-bond donors (Lipinski definition) is 0. The molecule has 6 nitrogen and oxygen atoms in total. The van der Waals surface area contributed by atoms with E-state index in [-0.39, 0.29) is 31.1 Å². The SMILES string of the molecule is CC/C=C\C/C=C\C/C=C\C/C=C\C/C=C\C/C=C\C/C=C\CCCCCCCC(=O)OCC(COC(=O)CCCCCCCCCCCCCCCC)OC(=O)CCCCCCCCCCCC/C=C\C/C=C\C/C=C\C/C=C\CC. The number of carbonyl (C=O) groups excluding carboxylic acids is 3. The lowest BCUT2D eigenvalue weighted by Gasteiger charge is -2.18. The number of hydrogen-bond acceptors (Lipinski definition) is 6. The van der Waals surface area contributed by atoms with Crippen LogP contribution in [0, 0.1) is 0 Å². The molecule has 0 aliphatic heterocycles. The number of rotatable bonds is 61. The van der Waals surface area contributed by atoms with Gasteiger partial charge in [0.05, 0.1) is 0 Å². The predicted octanol–water partition coefficient (Wildman–Crippen LogP) is 23.7. The molecular formula is C76H126O6. The second-order valence-corrected chi connectivity index (χ2v) is 22.3. The summed E-state index contributed by atoms with van der Waals surface area (Å²) in [4.78, 5) is 38.4. The lowest BCUT2D eigenvalue weighted by molar-refractivity contribution is -0.167. The highest BCUT2D eigenvalue weighted by Crippen LogP contribution is 2.16. The molecule has 0 fully saturated rings. The van der Waals surface area contributed by atoms with E-state index in [2.05, 4.69) is 154 Å². The van der Waals surface area contributed by atoms with Crippen LogP contribution in [-0.2, 0) is 28.6 Å². The van der Waals surface area contributed by atoms with Gasteiger partial charge < -0.3 is 14.2 Å². The molecule has 0 aromatic heterocycles. The summed E-state index contributed by atoms with van der Waals surface area (Å²) in [7, 11) is 0. The van der Waals surface area contributed by atoms with E-state index in [0.29, 0.717) is 19.3 Å². The fourth-order valence-corrected chi connectivity index (χ4v) is 9.36. The Morgan fingerprint density at radius 2 is 0.476 bits per heavy atom. The number of ether oxygens (including phenoxy) is 3. The van der Waals surface area contributed by atoms with Crippen molar-refractivity contribution in [2.75, 3.05) is 13.2 Å². The second-order valence-electron chi connectivity index (χ2n) is 22.3. The molecule has 1 atom stereocenters. The van der Waals surface area contributed by atoms with Crippen molar-refractivity contribution in [2.24, 2.45) is 0 Å². The minimum absolute atomic E-state index is 0.0866. The van der Waals surface area contributed by atoms with Crippen molar-refractivity contribution in [2.45, 2.75) is 316 Å². The van der Waals surface area contributed by atoms with E-state index in [9.17, 15) is 14.4 Å². The first-order chi connectivity index (χ1) is 40.5. The van der Waals surface area contributed by atoms with Gasteiger partial charge in [0.2, 0.25) is 0 Å². The molecule has 0 aromatic carbocycles. The van der Waals surface area contributed by atoms with E-state index in [1.54, 1.807) is 0 Å². The monoisotopic (exact) mass is 1130 g/mol. The van der Waals surface area contributed by atoms with Gasteiger partial charge in [0.1, 0.15) is 13.2 Å². The van der Waals surface area contributed by atoms with Gasteiger partial charge in [0.15, 0.2) is 6.10 Å². The number of allylic oxidation sites excluding steroid dienone is 22. The van der Waals surface area contributed by atoms with Crippen LogP contribution in [0.1, 0.15) is 310 Å². The van der Waals surface area contributed by atoms with Gasteiger partial charge in [0.25, 0.3) is 0 Å². The van der Waals surface area contributed by atoms with E-state index in [1.807, 2.05) is 0 Å². The Kier molecular flexibility index (Phi) is 65.3. The molecule has 0 saturated heterocycles. The van der Waals surface area contributed by atoms with Crippen LogP contribution >= 0.6 is 0 Å². The maximum atomic E-state index is 13.0. The summed E-state index contributed by atoms with van der Waals surface area (Å²) in [6.07, 6.45) is 97.4. The van der Waals surface area contributed by atoms with Crippen molar-refractivity contribution in [1.29, 1.82) is 0 Å². The minimum atomic E-state index is -0.793. The van der Waals surface area contributed by atoms with Crippen LogP contribution in [0.5, 0.6) is 0 Å². The van der Waals surface area contributed by atoms with Crippen molar-refractivity contribution >= 4 is 17.9 Å². The average molecular weight is 1140 g/mol. The zero-order chi connectivity index (χ0) is 59.2. The first-order valence-corrected chi connectivity index (χ1v) is 34.2. The van der Waals surface area contributed by atoms with Crippen molar-refractivity contribution in [3.63, 3.8) is 0 Å². The molecule has 0 spiro atoms. The van der Waals surface area contributed by atoms with Crippen molar-refractivity contribution in [3.8, 4) is 0 Å². The second kappa shape index (κ2) is 69.0. The summed E-state index contributed by atoms with van der Waals surface area (Å²) in [6.45, 7) is 6.42. The van der Waals surface area contributed by atoms with Gasteiger partial charge in [0, 0.05) is 19.3 Å². The zero-order valence-corrected chi connectivity index (χ0v) is 53.5. The van der Waals surface area contributed by atoms with Gasteiger partial charge in [-0.25, -0.2) is 0 Å². The van der Waals surface area contributed by atoms with E-state index in [0.717, 1.165) is 148 Å². The summed E-state index contributed by atoms with van der Waals surface area (Å²) >= 11 is 0. The predicted molar refractivity (Wildman–Crippen MR) is 357 cm³/mol. The van der Waals surface area contributed by atoms with Gasteiger partial charge in [-0.15, -0.1) is 0 Å². The lowest BCUT2D eigenvalue weighted by atomic mass is 10.0. The Labute approximate surface area is 506 Å². The molecular weight excluding hydrogens is 1010 g/mol. The van der Waals surface area contributed by atoms with E-state index < -0.39 is 6.10 Å². The first kappa shape index (κ1) is 77.5. The normalized spacial score (nSPS) is 13.0. The zero-order valence-electron chi connectivity index (χ0n) is 53.5. The molecule has 0 aliphatic carbocycles. The lowest BCUT2D eigenvalue weighted by Crippen LogP contribution is -2.30. The van der Waals surface area contributed by atoms with Crippen molar-refractivity contribution < 1.29 is 28.6 Å². The van der Waals surface area contributed by atoms with Gasteiger partial charge in [-0.2, -0.15) is 0 Å². The third kappa shape index (κ3) is 66.4. The molecule has 6 heteroatoms. The van der Waals surface area contributed by atoms with Gasteiger partial charge in [-0.3, -0.25) is 14.4 Å². The molecule has 82 heavy (non-hydrogen) atoms. The summed E-state index contributed by atoms with van der Waals surface area (Å²) in [5.41, 5.74) is 0. The summed E-state index contributed by atoms with van der Waals surface area (Å²) in [5, 5.41) is 0. The molecule has 0 bridgehead atoms. The molecule has 0 radical (unpaired) electrons. The summed E-state index contributed by atoms with van der Waals surface area (Å²) in [5.74, 6) is -0.902. The van der Waals surface area contributed by atoms with Gasteiger partial charge >= 0.3 is 17.9 Å². The standard InChI is InChI=1S/C76H126O6/c1-4-7-10-13-16-19-22-25-28-30-32-34-36-37-38-39-41-42-44-46-48-51-54-57-60-63-66-69-75(78)81-72-73(71-80-74(77)68-65-62-59-56-53-50-27-24-21-18-15-12-9-6-3)82-76(79)70-67-64-61-58-55-52-49-47-45-43-40-35-33-31-29-26-23-20-17-14-11-8-5-2/h7-8,10-11,16-17,19-20,25-26,28-29,32-35,37-38,41-42,46,48,73H,4-6,9,12-15,18,21-24,27,30-31,36,39-40,43-45,47,49-72H2,1-3H3/b10-7-,11-8-,19-16-,20-17-,28-25-,29-26-,34-32-,35-33-,38-37-,42-41-,48-46-. The molecule has 1 unspecified atom stereocenters. The van der Waals surface area contributed by atoms with Gasteiger partial charge in [-0.1, -0.05) is 309 Å². The van der Waals surface area contributed by atoms with Crippen LogP contribution in [0.25, 0.3) is 0 Å². The van der Waals surface area contributed by atoms with E-state index >= 15 is 0 Å². The topological polar surface area (TPSA) is 78.9 Å². The third-order valence-electron chi connectivity index (χ3n) is 14.4. The molecule has 0 rings (SSSR count). The Morgan fingerprint density at radius 1 is 0.256 bits per heavy atom. The van der Waals surface area contributed by atoms with Crippen LogP contribution in [-0.4, -0.2) is 37.2 Å². The highest BCUT2D eigenvalue weighted by Gasteiger charge is 2.19. The van der Waals surface area contributed by atoms with Gasteiger partial charge in [-0.05, 0) is 116 Å². The quantitative estimate of drug-likeness (QED) is 0.0261.